The number of halogens is 2. The Morgan fingerprint density at radius 1 is 1.31 bits per heavy atom. The van der Waals surface area contributed by atoms with Crippen molar-refractivity contribution in [1.29, 1.82) is 0 Å². The Kier molecular flexibility index (Phi) is 6.53. The summed E-state index contributed by atoms with van der Waals surface area (Å²) >= 11 is 11.6. The molecule has 1 rings (SSSR count). The first-order chi connectivity index (χ1) is 7.60. The van der Waals surface area contributed by atoms with E-state index in [9.17, 15) is 4.79 Å². The molecule has 16 heavy (non-hydrogen) atoms. The van der Waals surface area contributed by atoms with Crippen LogP contribution in [0.2, 0.25) is 10.0 Å². The second kappa shape index (κ2) is 7.09. The van der Waals surface area contributed by atoms with Gasteiger partial charge in [-0.25, -0.2) is 4.79 Å². The van der Waals surface area contributed by atoms with Gasteiger partial charge in [0.1, 0.15) is 6.79 Å². The van der Waals surface area contributed by atoms with E-state index in [1.807, 2.05) is 6.79 Å². The number of ether oxygens (including phenoxy) is 1. The van der Waals surface area contributed by atoms with Crippen LogP contribution < -0.4 is 5.32 Å². The SMILES string of the molecule is C=O.CNc1cc(Cl)c(Cl)cc1C(=O)OC. The zero-order chi connectivity index (χ0) is 12.7. The lowest BCUT2D eigenvalue weighted by molar-refractivity contribution is -0.0980. The van der Waals surface area contributed by atoms with Crippen molar-refractivity contribution in [2.24, 2.45) is 0 Å². The number of benzene rings is 1. The summed E-state index contributed by atoms with van der Waals surface area (Å²) in [6, 6.07) is 3.05. The first-order valence-electron chi connectivity index (χ1n) is 4.14. The fourth-order valence-electron chi connectivity index (χ4n) is 1.03. The van der Waals surface area contributed by atoms with Crippen LogP contribution >= 0.6 is 23.2 Å². The Bertz CT molecular complexity index is 383. The lowest BCUT2D eigenvalue weighted by atomic mass is 10.2. The average molecular weight is 264 g/mol. The van der Waals surface area contributed by atoms with Gasteiger partial charge in [0.25, 0.3) is 0 Å². The highest BCUT2D eigenvalue weighted by Crippen LogP contribution is 2.29. The maximum atomic E-state index is 11.3. The zero-order valence-electron chi connectivity index (χ0n) is 8.84. The Labute approximate surface area is 103 Å². The van der Waals surface area contributed by atoms with Crippen molar-refractivity contribution in [3.8, 4) is 0 Å². The molecule has 88 valence electrons. The fourth-order valence-corrected chi connectivity index (χ4v) is 1.36. The van der Waals surface area contributed by atoms with Crippen LogP contribution in [-0.4, -0.2) is 26.9 Å². The molecule has 0 aliphatic rings. The molecule has 0 aliphatic carbocycles. The number of methoxy groups -OCH3 is 1. The number of carbonyl (C=O) groups is 2. The van der Waals surface area contributed by atoms with E-state index in [0.717, 1.165) is 0 Å². The van der Waals surface area contributed by atoms with Crippen LogP contribution in [0, 0.1) is 0 Å². The highest BCUT2D eigenvalue weighted by molar-refractivity contribution is 6.42. The lowest BCUT2D eigenvalue weighted by Crippen LogP contribution is -2.05. The van der Waals surface area contributed by atoms with E-state index < -0.39 is 5.97 Å². The molecule has 0 saturated carbocycles. The van der Waals surface area contributed by atoms with E-state index in [2.05, 4.69) is 10.1 Å². The van der Waals surface area contributed by atoms with Crippen LogP contribution in [0.1, 0.15) is 10.4 Å². The van der Waals surface area contributed by atoms with Gasteiger partial charge < -0.3 is 14.8 Å². The fraction of sp³-hybridized carbons (Fsp3) is 0.200. The van der Waals surface area contributed by atoms with Crippen LogP contribution in [0.5, 0.6) is 0 Å². The molecule has 0 fully saturated rings. The van der Waals surface area contributed by atoms with Crippen molar-refractivity contribution in [3.05, 3.63) is 27.7 Å². The molecule has 0 aromatic heterocycles. The van der Waals surface area contributed by atoms with E-state index in [1.54, 1.807) is 13.1 Å². The summed E-state index contributed by atoms with van der Waals surface area (Å²) in [5, 5.41) is 3.55. The van der Waals surface area contributed by atoms with Crippen LogP contribution in [-0.2, 0) is 9.53 Å². The van der Waals surface area contributed by atoms with Crippen molar-refractivity contribution in [1.82, 2.24) is 0 Å². The standard InChI is InChI=1S/C9H9Cl2NO2.CH2O/c1-12-8-4-7(11)6(10)3-5(8)9(13)14-2;1-2/h3-4,12H,1-2H3;1H2. The van der Waals surface area contributed by atoms with Crippen LogP contribution in [0.15, 0.2) is 12.1 Å². The summed E-state index contributed by atoms with van der Waals surface area (Å²) in [4.78, 5) is 19.3. The van der Waals surface area contributed by atoms with E-state index in [-0.39, 0.29) is 0 Å². The average Bonchev–Trinajstić information content (AvgIpc) is 2.33. The predicted molar refractivity (Wildman–Crippen MR) is 64.5 cm³/mol. The van der Waals surface area contributed by atoms with Gasteiger partial charge in [-0.3, -0.25) is 0 Å². The summed E-state index contributed by atoms with van der Waals surface area (Å²) < 4.78 is 4.59. The minimum Gasteiger partial charge on any atom is -0.465 e. The van der Waals surface area contributed by atoms with Gasteiger partial charge >= 0.3 is 5.97 Å². The van der Waals surface area contributed by atoms with Crippen molar-refractivity contribution >= 4 is 41.6 Å². The largest absolute Gasteiger partial charge is 0.465 e. The first-order valence-corrected chi connectivity index (χ1v) is 4.89. The van der Waals surface area contributed by atoms with Gasteiger partial charge in [-0.15, -0.1) is 0 Å². The highest BCUT2D eigenvalue weighted by atomic mass is 35.5. The van der Waals surface area contributed by atoms with Gasteiger partial charge in [-0.2, -0.15) is 0 Å². The Hall–Kier alpha value is -1.26. The molecular formula is C10H11Cl2NO3. The molecule has 0 aliphatic heterocycles. The summed E-state index contributed by atoms with van der Waals surface area (Å²) in [6.07, 6.45) is 0. The number of carbonyl (C=O) groups excluding carboxylic acids is 2. The summed E-state index contributed by atoms with van der Waals surface area (Å²) in [6.45, 7) is 2.00. The molecule has 6 heteroatoms. The zero-order valence-corrected chi connectivity index (χ0v) is 10.4. The number of hydrogen-bond donors (Lipinski definition) is 1. The van der Waals surface area contributed by atoms with Crippen LogP contribution in [0.4, 0.5) is 5.69 Å². The number of hydrogen-bond acceptors (Lipinski definition) is 4. The second-order valence-electron chi connectivity index (χ2n) is 2.55. The quantitative estimate of drug-likeness (QED) is 0.834. The third-order valence-corrected chi connectivity index (χ3v) is 2.46. The maximum absolute atomic E-state index is 11.3. The topological polar surface area (TPSA) is 55.4 Å². The van der Waals surface area contributed by atoms with Gasteiger partial charge in [0.15, 0.2) is 0 Å². The van der Waals surface area contributed by atoms with Crippen molar-refractivity contribution in [3.63, 3.8) is 0 Å². The summed E-state index contributed by atoms with van der Waals surface area (Å²) in [5.74, 6) is -0.451. The molecule has 1 aromatic carbocycles. The van der Waals surface area contributed by atoms with Gasteiger partial charge in [-0.1, -0.05) is 23.2 Å². The molecule has 0 spiro atoms. The monoisotopic (exact) mass is 263 g/mol. The molecule has 0 radical (unpaired) electrons. The van der Waals surface area contributed by atoms with Crippen molar-refractivity contribution < 1.29 is 14.3 Å². The van der Waals surface area contributed by atoms with E-state index >= 15 is 0 Å². The summed E-state index contributed by atoms with van der Waals surface area (Å²) in [7, 11) is 3.00. The van der Waals surface area contributed by atoms with Crippen molar-refractivity contribution in [2.75, 3.05) is 19.5 Å². The number of rotatable bonds is 2. The molecule has 0 heterocycles. The van der Waals surface area contributed by atoms with Crippen LogP contribution in [0.3, 0.4) is 0 Å². The Balaban J connectivity index is 0.00000106. The Morgan fingerprint density at radius 3 is 2.25 bits per heavy atom. The molecule has 1 N–H and O–H groups in total. The van der Waals surface area contributed by atoms with E-state index in [1.165, 1.54) is 13.2 Å². The molecule has 0 saturated heterocycles. The van der Waals surface area contributed by atoms with Gasteiger partial charge in [0, 0.05) is 7.05 Å². The Morgan fingerprint density at radius 2 is 1.81 bits per heavy atom. The highest BCUT2D eigenvalue weighted by Gasteiger charge is 2.13. The number of esters is 1. The third-order valence-electron chi connectivity index (χ3n) is 1.74. The number of anilines is 1. The minimum absolute atomic E-state index is 0.325. The molecule has 0 unspecified atom stereocenters. The second-order valence-corrected chi connectivity index (χ2v) is 3.37. The smallest absolute Gasteiger partial charge is 0.340 e. The molecule has 0 atom stereocenters. The molecule has 0 amide bonds. The maximum Gasteiger partial charge on any atom is 0.340 e. The van der Waals surface area contributed by atoms with Crippen molar-refractivity contribution in [2.45, 2.75) is 0 Å². The van der Waals surface area contributed by atoms with E-state index in [4.69, 9.17) is 28.0 Å². The van der Waals surface area contributed by atoms with Gasteiger partial charge in [0.2, 0.25) is 0 Å². The normalized spacial score (nSPS) is 8.75. The van der Waals surface area contributed by atoms with Crippen LogP contribution in [0.25, 0.3) is 0 Å². The molecule has 4 nitrogen and oxygen atoms in total. The minimum atomic E-state index is -0.451. The third kappa shape index (κ3) is 3.40. The molecular weight excluding hydrogens is 253 g/mol. The first kappa shape index (κ1) is 14.7. The van der Waals surface area contributed by atoms with E-state index in [0.29, 0.717) is 21.3 Å². The van der Waals surface area contributed by atoms with Gasteiger partial charge in [-0.05, 0) is 12.1 Å². The molecule has 0 bridgehead atoms. The van der Waals surface area contributed by atoms with Gasteiger partial charge in [0.05, 0.1) is 28.4 Å². The number of nitrogens with one attached hydrogen (secondary N) is 1. The molecule has 1 aromatic rings. The summed E-state index contributed by atoms with van der Waals surface area (Å²) in [5.41, 5.74) is 0.954. The predicted octanol–water partition coefficient (Wildman–Crippen LogP) is 2.64. The lowest BCUT2D eigenvalue weighted by Gasteiger charge is -2.08.